The fourth-order valence-corrected chi connectivity index (χ4v) is 15.1. The van der Waals surface area contributed by atoms with Gasteiger partial charge in [-0.15, -0.1) is 0 Å². The molecule has 15 aromatic carbocycles. The van der Waals surface area contributed by atoms with E-state index in [4.69, 9.17) is 9.47 Å². The Bertz CT molecular complexity index is 5730. The number of para-hydroxylation sites is 8. The maximum atomic E-state index is 14.3. The minimum absolute atomic E-state index is 0.438. The van der Waals surface area contributed by atoms with E-state index in [-0.39, 0.29) is 0 Å². The Balaban J connectivity index is 0.809. The van der Waals surface area contributed by atoms with E-state index in [0.29, 0.717) is 0 Å². The fraction of sp³-hybridized carbons (Fsp3) is 0.0800. The van der Waals surface area contributed by atoms with Gasteiger partial charge < -0.3 is 38.9 Å². The third kappa shape index (κ3) is 14.2. The van der Waals surface area contributed by atoms with Gasteiger partial charge in [-0.2, -0.15) is 0 Å². The van der Waals surface area contributed by atoms with E-state index < -0.39 is 23.4 Å². The summed E-state index contributed by atoms with van der Waals surface area (Å²) in [5.74, 6) is 0. The SMILES string of the molecule is CC(C)(C)OC(=O)n1c2ccccc2c2cc(N(c3ccc(N(c4ccccc4)c4ccccc4)cc3)c3ccc(N(c4ccc(N(c5ccccc5)c5ccccc5)cc4)c4ccc(N(c5ccc(N(c6ccccc6)c6ccccc6)cc5)c5ccc6c(c5)c5ccccc5n6C(=O)OC(C)(C)C)cc4)cc3)ccc21. The molecule has 0 spiro atoms. The Kier molecular flexibility index (Phi) is 18.9. The lowest BCUT2D eigenvalue weighted by molar-refractivity contribution is 0.0540. The molecule has 12 nitrogen and oxygen atoms in total. The fourth-order valence-electron chi connectivity index (χ4n) is 15.1. The van der Waals surface area contributed by atoms with Crippen molar-refractivity contribution in [1.82, 2.24) is 9.13 Å². The maximum Gasteiger partial charge on any atom is 0.419 e. The zero-order valence-corrected chi connectivity index (χ0v) is 63.2. The van der Waals surface area contributed by atoms with Gasteiger partial charge in [0.15, 0.2) is 0 Å². The van der Waals surface area contributed by atoms with Crippen LogP contribution in [-0.2, 0) is 9.47 Å². The summed E-state index contributed by atoms with van der Waals surface area (Å²) in [6.07, 6.45) is -0.875. The second-order valence-electron chi connectivity index (χ2n) is 29.7. The summed E-state index contributed by atoms with van der Waals surface area (Å²) in [6, 6.07) is 135. The molecule has 112 heavy (non-hydrogen) atoms. The van der Waals surface area contributed by atoms with Crippen molar-refractivity contribution in [2.75, 3.05) is 29.4 Å². The minimum Gasteiger partial charge on any atom is -0.443 e. The zero-order chi connectivity index (χ0) is 76.5. The number of hydrogen-bond donors (Lipinski definition) is 0. The predicted molar refractivity (Wildman–Crippen MR) is 464 cm³/mol. The number of ether oxygens (including phenoxy) is 2. The first kappa shape index (κ1) is 70.6. The van der Waals surface area contributed by atoms with Crippen molar-refractivity contribution in [2.45, 2.75) is 52.7 Å². The van der Waals surface area contributed by atoms with Gasteiger partial charge in [-0.05, 0) is 284 Å². The highest BCUT2D eigenvalue weighted by atomic mass is 16.6. The lowest BCUT2D eigenvalue weighted by Gasteiger charge is -2.31. The monoisotopic (exact) mass is 1460 g/mol. The van der Waals surface area contributed by atoms with Crippen molar-refractivity contribution in [3.05, 3.63) is 388 Å². The molecule has 0 aliphatic rings. The summed E-state index contributed by atoms with van der Waals surface area (Å²) in [4.78, 5) is 42.2. The van der Waals surface area contributed by atoms with Crippen LogP contribution in [0.25, 0.3) is 43.6 Å². The lowest BCUT2D eigenvalue weighted by atomic mass is 10.1. The molecule has 0 atom stereocenters. The third-order valence-corrected chi connectivity index (χ3v) is 19.9. The molecular weight excluding hydrogens is 1380 g/mol. The normalized spacial score (nSPS) is 11.6. The molecule has 17 aromatic rings. The molecule has 0 unspecified atom stereocenters. The van der Waals surface area contributed by atoms with Crippen LogP contribution in [0, 0.1) is 0 Å². The van der Waals surface area contributed by atoms with Gasteiger partial charge in [0, 0.05) is 124 Å². The Morgan fingerprint density at radius 1 is 0.196 bits per heavy atom. The van der Waals surface area contributed by atoms with Crippen molar-refractivity contribution in [3.8, 4) is 0 Å². The molecule has 0 fully saturated rings. The lowest BCUT2D eigenvalue weighted by Crippen LogP contribution is -2.27. The number of carbonyl (C=O) groups excluding carboxylic acids is 2. The number of aromatic nitrogens is 2. The molecule has 2 heterocycles. The van der Waals surface area contributed by atoms with Crippen molar-refractivity contribution >= 4 is 158 Å². The van der Waals surface area contributed by atoms with Crippen LogP contribution in [-0.4, -0.2) is 32.5 Å². The molecule has 12 heteroatoms. The Morgan fingerprint density at radius 3 is 0.562 bits per heavy atom. The van der Waals surface area contributed by atoms with Crippen molar-refractivity contribution in [2.24, 2.45) is 0 Å². The average Bonchev–Trinajstić information content (AvgIpc) is 1.62. The molecule has 0 aliphatic carbocycles. The second-order valence-corrected chi connectivity index (χ2v) is 29.7. The summed E-state index contributed by atoms with van der Waals surface area (Å²) < 4.78 is 15.5. The predicted octanol–water partition coefficient (Wildman–Crippen LogP) is 28.3. The van der Waals surface area contributed by atoms with Crippen LogP contribution < -0.4 is 29.4 Å². The molecule has 0 aliphatic heterocycles. The number of fused-ring (bicyclic) bond motifs is 6. The highest BCUT2D eigenvalue weighted by molar-refractivity contribution is 6.15. The highest BCUT2D eigenvalue weighted by Crippen LogP contribution is 2.48. The number of anilines is 18. The van der Waals surface area contributed by atoms with E-state index in [1.54, 1.807) is 9.13 Å². The van der Waals surface area contributed by atoms with Gasteiger partial charge in [-0.25, -0.2) is 18.7 Å². The molecule has 0 bridgehead atoms. The van der Waals surface area contributed by atoms with E-state index in [2.05, 4.69) is 333 Å². The number of hydrogen-bond acceptors (Lipinski definition) is 10. The maximum absolute atomic E-state index is 14.3. The standard InChI is InChI=1S/C100H82N8O4/c1-99(2,3)111-97(109)107-93-43-27-25-41-89(93)91-69-87(65-67-95(91)107)105(83-57-49-78(50-58-83)102(73-33-17-9-18-34-73)74-35-19-10-20-36-74)85-61-53-81(54-62-85)104(80-47-45-77(46-48-80)101(71-29-13-7-14-30-71)72-31-15-8-16-32-72)82-55-63-86(64-56-82)106(84-59-51-79(52-60-84)103(75-37-21-11-22-38-75)76-39-23-12-24-40-76)88-66-68-96-92(70-88)90-42-26-28-44-94(90)108(96)98(110)112-100(4,5)6/h7-70H,1-6H3. The van der Waals surface area contributed by atoms with Crippen LogP contribution in [0.5, 0.6) is 0 Å². The summed E-state index contributed by atoms with van der Waals surface area (Å²) in [5, 5.41) is 3.68. The van der Waals surface area contributed by atoms with Gasteiger partial charge in [0.05, 0.1) is 22.1 Å². The van der Waals surface area contributed by atoms with Crippen LogP contribution in [0.1, 0.15) is 41.5 Å². The Hall–Kier alpha value is -14.4. The van der Waals surface area contributed by atoms with E-state index >= 15 is 0 Å². The first-order valence-electron chi connectivity index (χ1n) is 37.8. The van der Waals surface area contributed by atoms with Gasteiger partial charge in [0.1, 0.15) is 11.2 Å². The quantitative estimate of drug-likeness (QED) is 0.0828. The molecule has 0 N–H and O–H groups in total. The van der Waals surface area contributed by atoms with Crippen LogP contribution in [0.3, 0.4) is 0 Å². The van der Waals surface area contributed by atoms with Gasteiger partial charge >= 0.3 is 12.2 Å². The van der Waals surface area contributed by atoms with Gasteiger partial charge in [0.25, 0.3) is 0 Å². The summed E-state index contributed by atoms with van der Waals surface area (Å²) in [5.41, 5.74) is 19.0. The molecule has 0 radical (unpaired) electrons. The second kappa shape index (κ2) is 30.0. The zero-order valence-electron chi connectivity index (χ0n) is 63.2. The van der Waals surface area contributed by atoms with Gasteiger partial charge in [-0.3, -0.25) is 0 Å². The Labute approximate surface area is 652 Å². The number of nitrogens with zero attached hydrogens (tertiary/aromatic N) is 8. The molecule has 0 amide bonds. The van der Waals surface area contributed by atoms with Crippen molar-refractivity contribution in [1.29, 1.82) is 0 Å². The summed E-state index contributed by atoms with van der Waals surface area (Å²) >= 11 is 0. The molecule has 0 saturated heterocycles. The van der Waals surface area contributed by atoms with Crippen LogP contribution in [0.2, 0.25) is 0 Å². The number of benzene rings is 15. The molecule has 546 valence electrons. The molecule has 2 aromatic heterocycles. The minimum atomic E-state index is -0.714. The molecule has 17 rings (SSSR count). The van der Waals surface area contributed by atoms with E-state index in [0.717, 1.165) is 146 Å². The third-order valence-electron chi connectivity index (χ3n) is 19.9. The Morgan fingerprint density at radius 2 is 0.357 bits per heavy atom. The van der Waals surface area contributed by atoms with Crippen molar-refractivity contribution < 1.29 is 19.1 Å². The smallest absolute Gasteiger partial charge is 0.419 e. The van der Waals surface area contributed by atoms with Gasteiger partial charge in [0.2, 0.25) is 0 Å². The number of rotatable bonds is 18. The van der Waals surface area contributed by atoms with E-state index in [1.807, 2.05) is 126 Å². The topological polar surface area (TPSA) is 81.9 Å². The van der Waals surface area contributed by atoms with Crippen LogP contribution in [0.15, 0.2) is 388 Å². The average molecular weight is 1460 g/mol. The first-order chi connectivity index (χ1) is 54.6. The molecular formula is C100H82N8O4. The van der Waals surface area contributed by atoms with Crippen LogP contribution >= 0.6 is 0 Å². The summed E-state index contributed by atoms with van der Waals surface area (Å²) in [6.45, 7) is 11.4. The van der Waals surface area contributed by atoms with E-state index in [1.165, 1.54) is 0 Å². The van der Waals surface area contributed by atoms with Crippen molar-refractivity contribution in [3.63, 3.8) is 0 Å². The largest absolute Gasteiger partial charge is 0.443 e. The number of carbonyl (C=O) groups is 2. The first-order valence-corrected chi connectivity index (χ1v) is 37.8. The molecule has 0 saturated carbocycles. The van der Waals surface area contributed by atoms with Crippen LogP contribution in [0.4, 0.5) is 112 Å². The van der Waals surface area contributed by atoms with Gasteiger partial charge in [-0.1, -0.05) is 146 Å². The summed E-state index contributed by atoms with van der Waals surface area (Å²) in [7, 11) is 0. The highest BCUT2D eigenvalue weighted by Gasteiger charge is 2.28. The van der Waals surface area contributed by atoms with E-state index in [9.17, 15) is 9.59 Å².